The molecular weight excluding hydrogens is 256 g/mol. The van der Waals surface area contributed by atoms with Crippen molar-refractivity contribution < 1.29 is 14.3 Å². The Labute approximate surface area is 118 Å². The molecule has 0 bridgehead atoms. The Balaban J connectivity index is 2.16. The summed E-state index contributed by atoms with van der Waals surface area (Å²) in [5.74, 6) is -0.119. The van der Waals surface area contributed by atoms with Crippen LogP contribution in [0.25, 0.3) is 0 Å². The van der Waals surface area contributed by atoms with Crippen molar-refractivity contribution in [3.05, 3.63) is 29.3 Å². The molecule has 20 heavy (non-hydrogen) atoms. The fourth-order valence-corrected chi connectivity index (χ4v) is 2.32. The zero-order valence-electron chi connectivity index (χ0n) is 12.0. The highest BCUT2D eigenvalue weighted by molar-refractivity contribution is 6.07. The van der Waals surface area contributed by atoms with E-state index < -0.39 is 11.3 Å². The van der Waals surface area contributed by atoms with Gasteiger partial charge in [0.1, 0.15) is 11.2 Å². The topological polar surface area (TPSA) is 81.4 Å². The lowest BCUT2D eigenvalue weighted by Crippen LogP contribution is -2.41. The van der Waals surface area contributed by atoms with Crippen LogP contribution in [-0.2, 0) is 9.59 Å². The summed E-state index contributed by atoms with van der Waals surface area (Å²) < 4.78 is 5.31. The van der Waals surface area contributed by atoms with Crippen LogP contribution in [0.4, 0.5) is 0 Å². The van der Waals surface area contributed by atoms with Gasteiger partial charge >= 0.3 is 0 Å². The van der Waals surface area contributed by atoms with Crippen molar-refractivity contribution in [2.75, 3.05) is 7.11 Å². The number of rotatable bonds is 5. The number of carbonyl (C=O) groups excluding carboxylic acids is 2. The van der Waals surface area contributed by atoms with Gasteiger partial charge in [0.05, 0.1) is 13.2 Å². The number of hydrogen-bond donors (Lipinski definition) is 2. The lowest BCUT2D eigenvalue weighted by Gasteiger charge is -2.20. The van der Waals surface area contributed by atoms with Gasteiger partial charge in [-0.15, -0.1) is 0 Å². The number of amides is 2. The lowest BCUT2D eigenvalue weighted by molar-refractivity contribution is -0.135. The second kappa shape index (κ2) is 5.15. The molecule has 1 saturated carbocycles. The summed E-state index contributed by atoms with van der Waals surface area (Å²) in [5, 5.41) is 2.86. The third-order valence-corrected chi connectivity index (χ3v) is 3.86. The first-order valence-electron chi connectivity index (χ1n) is 6.66. The average molecular weight is 276 g/mol. The second-order valence-corrected chi connectivity index (χ2v) is 5.39. The molecule has 0 aromatic heterocycles. The van der Waals surface area contributed by atoms with Crippen molar-refractivity contribution in [2.24, 2.45) is 11.1 Å². The molecule has 0 aliphatic heterocycles. The highest BCUT2D eigenvalue weighted by Crippen LogP contribution is 2.46. The maximum atomic E-state index is 12.2. The van der Waals surface area contributed by atoms with E-state index in [1.807, 2.05) is 32.0 Å². The first kappa shape index (κ1) is 14.4. The number of methoxy groups -OCH3 is 1. The molecule has 1 atom stereocenters. The third-order valence-electron chi connectivity index (χ3n) is 3.86. The number of nitrogens with two attached hydrogens (primary N) is 1. The van der Waals surface area contributed by atoms with E-state index in [2.05, 4.69) is 5.32 Å². The highest BCUT2D eigenvalue weighted by atomic mass is 16.5. The van der Waals surface area contributed by atoms with E-state index in [0.29, 0.717) is 18.6 Å². The van der Waals surface area contributed by atoms with Crippen LogP contribution in [0.15, 0.2) is 18.2 Å². The van der Waals surface area contributed by atoms with Gasteiger partial charge in [-0.3, -0.25) is 9.59 Å². The summed E-state index contributed by atoms with van der Waals surface area (Å²) in [4.78, 5) is 23.5. The van der Waals surface area contributed by atoms with Crippen molar-refractivity contribution in [1.29, 1.82) is 0 Å². The molecule has 1 fully saturated rings. The van der Waals surface area contributed by atoms with Crippen molar-refractivity contribution >= 4 is 11.8 Å². The lowest BCUT2D eigenvalue weighted by atomic mass is 10.0. The zero-order chi connectivity index (χ0) is 14.9. The minimum atomic E-state index is -0.995. The number of hydrogen-bond acceptors (Lipinski definition) is 3. The van der Waals surface area contributed by atoms with Crippen LogP contribution >= 0.6 is 0 Å². The summed E-state index contributed by atoms with van der Waals surface area (Å²) in [5.41, 5.74) is 6.28. The van der Waals surface area contributed by atoms with Gasteiger partial charge in [0.2, 0.25) is 11.8 Å². The minimum Gasteiger partial charge on any atom is -0.496 e. The Morgan fingerprint density at radius 1 is 1.40 bits per heavy atom. The number of ether oxygens (including phenoxy) is 1. The van der Waals surface area contributed by atoms with E-state index in [0.717, 1.165) is 11.1 Å². The quantitative estimate of drug-likeness (QED) is 0.799. The van der Waals surface area contributed by atoms with E-state index >= 15 is 0 Å². The summed E-state index contributed by atoms with van der Waals surface area (Å²) in [7, 11) is 1.59. The van der Waals surface area contributed by atoms with E-state index in [1.54, 1.807) is 7.11 Å². The standard InChI is InChI=1S/C15H20N2O3/c1-9-4-5-12(20-3)11(8-9)10(2)17-14(19)15(6-7-15)13(16)18/h4-5,8,10H,6-7H2,1-3H3,(H2,16,18)(H,17,19)/t10-/m0/s1. The third kappa shape index (κ3) is 2.48. The Morgan fingerprint density at radius 2 is 2.05 bits per heavy atom. The van der Waals surface area contributed by atoms with E-state index in [9.17, 15) is 9.59 Å². The number of benzene rings is 1. The van der Waals surface area contributed by atoms with Crippen molar-refractivity contribution in [3.8, 4) is 5.75 Å². The van der Waals surface area contributed by atoms with Crippen LogP contribution < -0.4 is 15.8 Å². The predicted octanol–water partition coefficient (Wildman–Crippen LogP) is 1.45. The summed E-state index contributed by atoms with van der Waals surface area (Å²) in [6, 6.07) is 5.54. The van der Waals surface area contributed by atoms with Crippen LogP contribution in [0.1, 0.15) is 36.9 Å². The van der Waals surface area contributed by atoms with Crippen LogP contribution in [0, 0.1) is 12.3 Å². The van der Waals surface area contributed by atoms with Gasteiger partial charge in [-0.25, -0.2) is 0 Å². The highest BCUT2D eigenvalue weighted by Gasteiger charge is 2.55. The summed E-state index contributed by atoms with van der Waals surface area (Å²) >= 11 is 0. The maximum Gasteiger partial charge on any atom is 0.236 e. The smallest absolute Gasteiger partial charge is 0.236 e. The number of aryl methyl sites for hydroxylation is 1. The largest absolute Gasteiger partial charge is 0.496 e. The molecule has 5 nitrogen and oxygen atoms in total. The van der Waals surface area contributed by atoms with Crippen molar-refractivity contribution in [2.45, 2.75) is 32.7 Å². The molecule has 108 valence electrons. The van der Waals surface area contributed by atoms with Crippen LogP contribution in [0.3, 0.4) is 0 Å². The van der Waals surface area contributed by atoms with Gasteiger partial charge in [0.15, 0.2) is 0 Å². The SMILES string of the molecule is COc1ccc(C)cc1[C@H](C)NC(=O)C1(C(N)=O)CC1. The average Bonchev–Trinajstić information content (AvgIpc) is 3.20. The van der Waals surface area contributed by atoms with Crippen LogP contribution in [0.2, 0.25) is 0 Å². The van der Waals surface area contributed by atoms with Gasteiger partial charge < -0.3 is 15.8 Å². The normalized spacial score (nSPS) is 17.1. The first-order chi connectivity index (χ1) is 9.40. The molecule has 1 aliphatic rings. The summed E-state index contributed by atoms with van der Waals surface area (Å²) in [6.07, 6.45) is 1.07. The first-order valence-corrected chi connectivity index (χ1v) is 6.66. The number of carbonyl (C=O) groups is 2. The van der Waals surface area contributed by atoms with Crippen molar-refractivity contribution in [3.63, 3.8) is 0 Å². The molecule has 3 N–H and O–H groups in total. The fraction of sp³-hybridized carbons (Fsp3) is 0.467. The monoisotopic (exact) mass is 276 g/mol. The molecule has 0 spiro atoms. The zero-order valence-corrected chi connectivity index (χ0v) is 12.0. The molecule has 0 radical (unpaired) electrons. The number of primary amides is 1. The molecule has 1 aliphatic carbocycles. The van der Waals surface area contributed by atoms with E-state index in [4.69, 9.17) is 10.5 Å². The van der Waals surface area contributed by atoms with Gasteiger partial charge in [-0.05, 0) is 32.8 Å². The molecule has 2 amide bonds. The molecule has 2 rings (SSSR count). The minimum absolute atomic E-state index is 0.242. The van der Waals surface area contributed by atoms with Crippen LogP contribution in [-0.4, -0.2) is 18.9 Å². The summed E-state index contributed by atoms with van der Waals surface area (Å²) in [6.45, 7) is 3.84. The molecule has 0 saturated heterocycles. The Hall–Kier alpha value is -2.04. The maximum absolute atomic E-state index is 12.2. The van der Waals surface area contributed by atoms with Gasteiger partial charge in [-0.1, -0.05) is 17.7 Å². The van der Waals surface area contributed by atoms with Crippen molar-refractivity contribution in [1.82, 2.24) is 5.32 Å². The molecule has 5 heteroatoms. The van der Waals surface area contributed by atoms with Crippen LogP contribution in [0.5, 0.6) is 5.75 Å². The number of nitrogens with one attached hydrogen (secondary N) is 1. The molecule has 1 aromatic rings. The van der Waals surface area contributed by atoms with E-state index in [-0.39, 0.29) is 11.9 Å². The fourth-order valence-electron chi connectivity index (χ4n) is 2.32. The Morgan fingerprint density at radius 3 is 2.55 bits per heavy atom. The van der Waals surface area contributed by atoms with Gasteiger partial charge in [0, 0.05) is 5.56 Å². The van der Waals surface area contributed by atoms with Gasteiger partial charge in [-0.2, -0.15) is 0 Å². The van der Waals surface area contributed by atoms with Gasteiger partial charge in [0.25, 0.3) is 0 Å². The molecule has 1 aromatic carbocycles. The second-order valence-electron chi connectivity index (χ2n) is 5.39. The Kier molecular flexibility index (Phi) is 3.70. The Bertz CT molecular complexity index is 550. The molecule has 0 heterocycles. The molecular formula is C15H20N2O3. The predicted molar refractivity (Wildman–Crippen MR) is 75.2 cm³/mol. The molecule has 0 unspecified atom stereocenters. The van der Waals surface area contributed by atoms with E-state index in [1.165, 1.54) is 0 Å².